The molecule has 28 heavy (non-hydrogen) atoms. The van der Waals surface area contributed by atoms with E-state index >= 15 is 0 Å². The lowest BCUT2D eigenvalue weighted by atomic mass is 9.61. The van der Waals surface area contributed by atoms with Crippen LogP contribution in [0.3, 0.4) is 0 Å². The first-order valence-corrected chi connectivity index (χ1v) is 10.1. The van der Waals surface area contributed by atoms with E-state index in [-0.39, 0.29) is 35.8 Å². The van der Waals surface area contributed by atoms with Crippen molar-refractivity contribution < 1.29 is 19.1 Å². The number of hydrogen-bond acceptors (Lipinski definition) is 4. The minimum absolute atomic E-state index is 0.0697. The first-order valence-electron chi connectivity index (χ1n) is 10.1. The Morgan fingerprint density at radius 1 is 1.25 bits per heavy atom. The number of aryl methyl sites for hydroxylation is 2. The van der Waals surface area contributed by atoms with Crippen LogP contribution in [0.5, 0.6) is 0 Å². The molecule has 4 saturated heterocycles. The molecule has 4 fully saturated rings. The van der Waals surface area contributed by atoms with Crippen molar-refractivity contribution in [3.05, 3.63) is 29.3 Å². The molecule has 0 unspecified atom stereocenters. The van der Waals surface area contributed by atoms with Gasteiger partial charge in [0.2, 0.25) is 11.8 Å². The van der Waals surface area contributed by atoms with Gasteiger partial charge in [0.05, 0.1) is 29.6 Å². The SMILES string of the molecule is Cc1ccc(N2C(=O)[C@H]3[C@H]4[C@@H]2OCC[C@@]42O[C@]3(C)C[C@@H]2C(=O)N(C)C)cc1C. The molecule has 0 aromatic heterocycles. The predicted molar refractivity (Wildman–Crippen MR) is 104 cm³/mol. The molecule has 0 radical (unpaired) electrons. The second-order valence-corrected chi connectivity index (χ2v) is 9.35. The van der Waals surface area contributed by atoms with Crippen molar-refractivity contribution >= 4 is 17.5 Å². The number of nitrogens with zero attached hydrogens (tertiary/aromatic N) is 2. The largest absolute Gasteiger partial charge is 0.367 e. The molecule has 6 heteroatoms. The Morgan fingerprint density at radius 3 is 2.68 bits per heavy atom. The molecule has 4 aliphatic heterocycles. The van der Waals surface area contributed by atoms with Gasteiger partial charge in [0.15, 0.2) is 0 Å². The molecule has 5 rings (SSSR count). The van der Waals surface area contributed by atoms with E-state index in [0.717, 1.165) is 11.3 Å². The van der Waals surface area contributed by atoms with E-state index in [1.807, 2.05) is 17.9 Å². The second-order valence-electron chi connectivity index (χ2n) is 9.35. The lowest BCUT2D eigenvalue weighted by Gasteiger charge is -2.45. The third-order valence-electron chi connectivity index (χ3n) is 7.56. The van der Waals surface area contributed by atoms with Crippen LogP contribution in [0.2, 0.25) is 0 Å². The third kappa shape index (κ3) is 2.05. The summed E-state index contributed by atoms with van der Waals surface area (Å²) in [5, 5.41) is 0. The van der Waals surface area contributed by atoms with Crippen molar-refractivity contribution in [2.75, 3.05) is 25.6 Å². The first-order chi connectivity index (χ1) is 13.2. The van der Waals surface area contributed by atoms with Crippen LogP contribution < -0.4 is 4.90 Å². The maximum absolute atomic E-state index is 13.6. The van der Waals surface area contributed by atoms with Crippen LogP contribution in [0.4, 0.5) is 5.69 Å². The summed E-state index contributed by atoms with van der Waals surface area (Å²) in [6.07, 6.45) is 0.899. The third-order valence-corrected chi connectivity index (χ3v) is 7.56. The molecule has 0 aliphatic carbocycles. The molecule has 0 saturated carbocycles. The van der Waals surface area contributed by atoms with Gasteiger partial charge < -0.3 is 14.4 Å². The van der Waals surface area contributed by atoms with Gasteiger partial charge in [0, 0.05) is 32.1 Å². The molecule has 0 N–H and O–H groups in total. The molecule has 150 valence electrons. The smallest absolute Gasteiger partial charge is 0.235 e. The summed E-state index contributed by atoms with van der Waals surface area (Å²) in [4.78, 5) is 30.1. The Bertz CT molecular complexity index is 883. The van der Waals surface area contributed by atoms with Gasteiger partial charge in [-0.1, -0.05) is 6.07 Å². The predicted octanol–water partition coefficient (Wildman–Crippen LogP) is 2.26. The standard InChI is InChI=1S/C22H28N2O4/c1-12-6-7-14(10-13(12)2)24-19(26)16-17-20(24)27-9-8-22(17)15(18(25)23(4)5)11-21(16,3)28-22/h6-7,10,15-17,20H,8-9,11H2,1-5H3/t15-,16-,17+,20+,21-,22+/m1/s1. The number of carbonyl (C=O) groups excluding carboxylic acids is 2. The van der Waals surface area contributed by atoms with Gasteiger partial charge in [-0.3, -0.25) is 14.5 Å². The number of carbonyl (C=O) groups is 2. The summed E-state index contributed by atoms with van der Waals surface area (Å²) < 4.78 is 12.8. The summed E-state index contributed by atoms with van der Waals surface area (Å²) in [6, 6.07) is 6.11. The van der Waals surface area contributed by atoms with Gasteiger partial charge in [-0.05, 0) is 50.5 Å². The fourth-order valence-electron chi connectivity index (χ4n) is 6.20. The van der Waals surface area contributed by atoms with Crippen LogP contribution in [0.1, 0.15) is 30.9 Å². The molecular formula is C22H28N2O4. The highest BCUT2D eigenvalue weighted by molar-refractivity contribution is 6.00. The molecule has 4 heterocycles. The molecule has 1 spiro atoms. The minimum Gasteiger partial charge on any atom is -0.367 e. The Hall–Kier alpha value is -1.92. The monoisotopic (exact) mass is 384 g/mol. The van der Waals surface area contributed by atoms with Crippen molar-refractivity contribution in [2.45, 2.75) is 51.0 Å². The fraction of sp³-hybridized carbons (Fsp3) is 0.636. The van der Waals surface area contributed by atoms with E-state index in [0.29, 0.717) is 19.4 Å². The molecule has 6 atom stereocenters. The quantitative estimate of drug-likeness (QED) is 0.785. The summed E-state index contributed by atoms with van der Waals surface area (Å²) in [6.45, 7) is 6.64. The molecule has 2 bridgehead atoms. The van der Waals surface area contributed by atoms with Crippen LogP contribution in [-0.4, -0.2) is 54.8 Å². The second kappa shape index (κ2) is 5.57. The van der Waals surface area contributed by atoms with Crippen LogP contribution in [0.25, 0.3) is 0 Å². The summed E-state index contributed by atoms with van der Waals surface area (Å²) in [5.74, 6) is -0.415. The number of benzene rings is 1. The zero-order valence-corrected chi connectivity index (χ0v) is 17.2. The zero-order valence-electron chi connectivity index (χ0n) is 17.2. The van der Waals surface area contributed by atoms with Gasteiger partial charge in [0.1, 0.15) is 6.23 Å². The summed E-state index contributed by atoms with van der Waals surface area (Å²) >= 11 is 0. The highest BCUT2D eigenvalue weighted by atomic mass is 16.6. The van der Waals surface area contributed by atoms with Gasteiger partial charge >= 0.3 is 0 Å². The molecule has 1 aromatic rings. The van der Waals surface area contributed by atoms with Crippen LogP contribution in [0, 0.1) is 31.6 Å². The van der Waals surface area contributed by atoms with Gasteiger partial charge in [-0.2, -0.15) is 0 Å². The van der Waals surface area contributed by atoms with E-state index in [9.17, 15) is 9.59 Å². The van der Waals surface area contributed by atoms with Gasteiger partial charge in [0.25, 0.3) is 0 Å². The number of anilines is 1. The highest BCUT2D eigenvalue weighted by Gasteiger charge is 2.79. The highest BCUT2D eigenvalue weighted by Crippen LogP contribution is 2.67. The van der Waals surface area contributed by atoms with Crippen molar-refractivity contribution in [1.82, 2.24) is 4.90 Å². The Morgan fingerprint density at radius 2 is 2.00 bits per heavy atom. The molecule has 2 amide bonds. The number of amides is 2. The first kappa shape index (κ1) is 18.1. The van der Waals surface area contributed by atoms with Gasteiger partial charge in [-0.25, -0.2) is 0 Å². The number of rotatable bonds is 2. The van der Waals surface area contributed by atoms with E-state index < -0.39 is 11.2 Å². The molecule has 1 aromatic carbocycles. The zero-order chi connectivity index (χ0) is 20.0. The van der Waals surface area contributed by atoms with Crippen molar-refractivity contribution in [1.29, 1.82) is 0 Å². The number of ether oxygens (including phenoxy) is 2. The molecule has 4 aliphatic rings. The van der Waals surface area contributed by atoms with Crippen LogP contribution in [-0.2, 0) is 19.1 Å². The van der Waals surface area contributed by atoms with E-state index in [1.165, 1.54) is 5.56 Å². The summed E-state index contributed by atoms with van der Waals surface area (Å²) in [5.41, 5.74) is 2.01. The lowest BCUT2D eigenvalue weighted by molar-refractivity contribution is -0.163. The maximum atomic E-state index is 13.6. The van der Waals surface area contributed by atoms with E-state index in [1.54, 1.807) is 19.0 Å². The average Bonchev–Trinajstić information content (AvgIpc) is 3.21. The van der Waals surface area contributed by atoms with Crippen LogP contribution in [0.15, 0.2) is 18.2 Å². The topological polar surface area (TPSA) is 59.1 Å². The van der Waals surface area contributed by atoms with Crippen molar-refractivity contribution in [2.24, 2.45) is 17.8 Å². The van der Waals surface area contributed by atoms with E-state index in [4.69, 9.17) is 9.47 Å². The number of hydrogen-bond donors (Lipinski definition) is 0. The lowest BCUT2D eigenvalue weighted by Crippen LogP contribution is -2.57. The fourth-order valence-corrected chi connectivity index (χ4v) is 6.20. The Kier molecular flexibility index (Phi) is 3.61. The minimum atomic E-state index is -0.613. The van der Waals surface area contributed by atoms with Crippen molar-refractivity contribution in [3.63, 3.8) is 0 Å². The summed E-state index contributed by atoms with van der Waals surface area (Å²) in [7, 11) is 3.59. The van der Waals surface area contributed by atoms with Crippen LogP contribution >= 0.6 is 0 Å². The van der Waals surface area contributed by atoms with Crippen molar-refractivity contribution in [3.8, 4) is 0 Å². The average molecular weight is 384 g/mol. The molecular weight excluding hydrogens is 356 g/mol. The maximum Gasteiger partial charge on any atom is 0.235 e. The molecule has 6 nitrogen and oxygen atoms in total. The van der Waals surface area contributed by atoms with Gasteiger partial charge in [-0.15, -0.1) is 0 Å². The van der Waals surface area contributed by atoms with E-state index in [2.05, 4.69) is 26.0 Å². The normalized spacial score (nSPS) is 40.8. The Labute approximate surface area is 165 Å². The Balaban J connectivity index is 1.60. The number of fused-ring (bicyclic) bond motifs is 2.